The highest BCUT2D eigenvalue weighted by Gasteiger charge is 2.38. The highest BCUT2D eigenvalue weighted by Crippen LogP contribution is 2.34. The third-order valence-corrected chi connectivity index (χ3v) is 5.56. The number of hydrogen-bond acceptors (Lipinski definition) is 3. The molecule has 0 heterocycles. The van der Waals surface area contributed by atoms with Crippen LogP contribution in [0.4, 0.5) is 10.1 Å². The molecule has 2 rings (SSSR count). The first kappa shape index (κ1) is 15.3. The van der Waals surface area contributed by atoms with Crippen LogP contribution in [0.2, 0.25) is 0 Å². The summed E-state index contributed by atoms with van der Waals surface area (Å²) >= 11 is 0. The van der Waals surface area contributed by atoms with Gasteiger partial charge >= 0.3 is 0 Å². The Balaban J connectivity index is 2.39. The van der Waals surface area contributed by atoms with Crippen LogP contribution >= 0.6 is 0 Å². The van der Waals surface area contributed by atoms with E-state index in [2.05, 4.69) is 0 Å². The van der Waals surface area contributed by atoms with Gasteiger partial charge in [-0.3, -0.25) is 0 Å². The van der Waals surface area contributed by atoms with Crippen LogP contribution in [0.3, 0.4) is 0 Å². The number of unbranched alkanes of at least 4 members (excludes halogenated alkanes) is 1. The summed E-state index contributed by atoms with van der Waals surface area (Å²) in [5, 5.41) is 0. The van der Waals surface area contributed by atoms with Crippen LogP contribution in [0.1, 0.15) is 38.2 Å². The van der Waals surface area contributed by atoms with E-state index < -0.39 is 15.8 Å². The van der Waals surface area contributed by atoms with Gasteiger partial charge in [0.05, 0.1) is 0 Å². The maximum absolute atomic E-state index is 14.0. The van der Waals surface area contributed by atoms with Crippen molar-refractivity contribution in [3.05, 3.63) is 23.5 Å². The van der Waals surface area contributed by atoms with Gasteiger partial charge in [0.25, 0.3) is 0 Å². The average molecular weight is 300 g/mol. The molecule has 4 nitrogen and oxygen atoms in total. The standard InChI is InChI=1S/C14H21FN2O2S/c1-3-4-7-17(11-5-6-11)20(18,19)14-9-13(16)10(2)8-12(14)15/h8-9,11H,3-7,16H2,1-2H3. The lowest BCUT2D eigenvalue weighted by atomic mass is 10.2. The first-order valence-corrected chi connectivity index (χ1v) is 8.39. The number of nitrogen functional groups attached to an aromatic ring is 1. The quantitative estimate of drug-likeness (QED) is 0.822. The minimum atomic E-state index is -3.80. The van der Waals surface area contributed by atoms with E-state index in [1.165, 1.54) is 16.4 Å². The number of benzene rings is 1. The predicted octanol–water partition coefficient (Wildman–Crippen LogP) is 2.67. The smallest absolute Gasteiger partial charge is 0.246 e. The summed E-state index contributed by atoms with van der Waals surface area (Å²) in [4.78, 5) is -0.302. The van der Waals surface area contributed by atoms with Gasteiger partial charge in [-0.05, 0) is 43.9 Å². The Morgan fingerprint density at radius 2 is 2.05 bits per heavy atom. The molecule has 1 saturated carbocycles. The fourth-order valence-corrected chi connectivity index (χ4v) is 3.97. The van der Waals surface area contributed by atoms with Crippen LogP contribution in [-0.2, 0) is 10.0 Å². The van der Waals surface area contributed by atoms with Crippen LogP contribution < -0.4 is 5.73 Å². The lowest BCUT2D eigenvalue weighted by molar-refractivity contribution is 0.392. The number of hydrogen-bond donors (Lipinski definition) is 1. The maximum atomic E-state index is 14.0. The second-order valence-electron chi connectivity index (χ2n) is 5.34. The molecule has 6 heteroatoms. The molecule has 0 atom stereocenters. The molecule has 1 aliphatic rings. The summed E-state index contributed by atoms with van der Waals surface area (Å²) in [6, 6.07) is 2.45. The molecule has 0 unspecified atom stereocenters. The van der Waals surface area contributed by atoms with Crippen LogP contribution in [0.5, 0.6) is 0 Å². The van der Waals surface area contributed by atoms with Crippen LogP contribution in [-0.4, -0.2) is 25.3 Å². The molecule has 1 fully saturated rings. The molecule has 0 aromatic heterocycles. The van der Waals surface area contributed by atoms with Crippen molar-refractivity contribution in [1.29, 1.82) is 0 Å². The van der Waals surface area contributed by atoms with Crippen molar-refractivity contribution in [3.8, 4) is 0 Å². The SMILES string of the molecule is CCCCN(C1CC1)S(=O)(=O)c1cc(N)c(C)cc1F. The second-order valence-corrected chi connectivity index (χ2v) is 7.20. The van der Waals surface area contributed by atoms with E-state index in [0.29, 0.717) is 17.8 Å². The van der Waals surface area contributed by atoms with Crippen molar-refractivity contribution < 1.29 is 12.8 Å². The van der Waals surface area contributed by atoms with E-state index in [1.54, 1.807) is 6.92 Å². The largest absolute Gasteiger partial charge is 0.398 e. The number of sulfonamides is 1. The number of nitrogens with zero attached hydrogens (tertiary/aromatic N) is 1. The molecule has 112 valence electrons. The van der Waals surface area contributed by atoms with E-state index >= 15 is 0 Å². The Morgan fingerprint density at radius 1 is 1.40 bits per heavy atom. The molecule has 20 heavy (non-hydrogen) atoms. The highest BCUT2D eigenvalue weighted by molar-refractivity contribution is 7.89. The number of anilines is 1. The Kier molecular flexibility index (Phi) is 4.34. The van der Waals surface area contributed by atoms with Crippen LogP contribution in [0.25, 0.3) is 0 Å². The minimum Gasteiger partial charge on any atom is -0.398 e. The van der Waals surface area contributed by atoms with Crippen molar-refractivity contribution >= 4 is 15.7 Å². The Hall–Kier alpha value is -1.14. The summed E-state index contributed by atoms with van der Waals surface area (Å²) in [5.41, 5.74) is 6.58. The number of rotatable bonds is 6. The Bertz CT molecular complexity index is 597. The van der Waals surface area contributed by atoms with Gasteiger partial charge in [-0.25, -0.2) is 12.8 Å². The van der Waals surface area contributed by atoms with E-state index in [1.807, 2.05) is 6.92 Å². The molecular formula is C14H21FN2O2S. The fraction of sp³-hybridized carbons (Fsp3) is 0.571. The zero-order valence-corrected chi connectivity index (χ0v) is 12.7. The first-order chi connectivity index (χ1) is 9.37. The van der Waals surface area contributed by atoms with E-state index in [-0.39, 0.29) is 10.9 Å². The summed E-state index contributed by atoms with van der Waals surface area (Å²) in [5.74, 6) is -0.723. The highest BCUT2D eigenvalue weighted by atomic mass is 32.2. The zero-order chi connectivity index (χ0) is 14.9. The molecule has 0 spiro atoms. The lowest BCUT2D eigenvalue weighted by Gasteiger charge is -2.22. The normalized spacial score (nSPS) is 15.8. The van der Waals surface area contributed by atoms with E-state index in [0.717, 1.165) is 25.7 Å². The van der Waals surface area contributed by atoms with Gasteiger partial charge in [-0.1, -0.05) is 13.3 Å². The zero-order valence-electron chi connectivity index (χ0n) is 11.9. The van der Waals surface area contributed by atoms with Crippen molar-refractivity contribution in [1.82, 2.24) is 4.31 Å². The van der Waals surface area contributed by atoms with Crippen LogP contribution in [0.15, 0.2) is 17.0 Å². The molecule has 2 N–H and O–H groups in total. The second kappa shape index (κ2) is 5.69. The van der Waals surface area contributed by atoms with Gasteiger partial charge < -0.3 is 5.73 Å². The molecule has 0 saturated heterocycles. The third kappa shape index (κ3) is 2.96. The topological polar surface area (TPSA) is 63.4 Å². The van der Waals surface area contributed by atoms with Gasteiger partial charge in [0.15, 0.2) is 0 Å². The Labute approximate surface area is 119 Å². The van der Waals surface area contributed by atoms with Crippen molar-refractivity contribution in [2.75, 3.05) is 12.3 Å². The van der Waals surface area contributed by atoms with Gasteiger partial charge in [0, 0.05) is 18.3 Å². The monoisotopic (exact) mass is 300 g/mol. The van der Waals surface area contributed by atoms with Crippen LogP contribution in [0, 0.1) is 12.7 Å². The fourth-order valence-electron chi connectivity index (χ4n) is 2.17. The average Bonchev–Trinajstić information content (AvgIpc) is 3.18. The van der Waals surface area contributed by atoms with Gasteiger partial charge in [-0.2, -0.15) is 4.31 Å². The molecule has 0 radical (unpaired) electrons. The third-order valence-electron chi connectivity index (χ3n) is 3.59. The lowest BCUT2D eigenvalue weighted by Crippen LogP contribution is -2.34. The molecule has 1 aromatic rings. The minimum absolute atomic E-state index is 0.0217. The summed E-state index contributed by atoms with van der Waals surface area (Å²) < 4.78 is 40.7. The van der Waals surface area contributed by atoms with E-state index in [9.17, 15) is 12.8 Å². The van der Waals surface area contributed by atoms with E-state index in [4.69, 9.17) is 5.73 Å². The van der Waals surface area contributed by atoms with Gasteiger partial charge in [-0.15, -0.1) is 0 Å². The molecule has 0 aliphatic heterocycles. The predicted molar refractivity (Wildman–Crippen MR) is 77.4 cm³/mol. The number of halogens is 1. The Morgan fingerprint density at radius 3 is 2.60 bits per heavy atom. The van der Waals surface area contributed by atoms with Crippen molar-refractivity contribution in [3.63, 3.8) is 0 Å². The summed E-state index contributed by atoms with van der Waals surface area (Å²) in [6.45, 7) is 4.10. The van der Waals surface area contributed by atoms with Gasteiger partial charge in [0.1, 0.15) is 10.7 Å². The molecule has 1 aromatic carbocycles. The molecule has 0 bridgehead atoms. The van der Waals surface area contributed by atoms with Gasteiger partial charge in [0.2, 0.25) is 10.0 Å². The van der Waals surface area contributed by atoms with Crippen molar-refractivity contribution in [2.24, 2.45) is 0 Å². The van der Waals surface area contributed by atoms with Crippen molar-refractivity contribution in [2.45, 2.75) is 50.5 Å². The number of nitrogens with two attached hydrogens (primary N) is 1. The number of aryl methyl sites for hydroxylation is 1. The molecule has 0 amide bonds. The summed E-state index contributed by atoms with van der Waals surface area (Å²) in [7, 11) is -3.80. The summed E-state index contributed by atoms with van der Waals surface area (Å²) in [6.07, 6.45) is 3.38. The molecular weight excluding hydrogens is 279 g/mol. The maximum Gasteiger partial charge on any atom is 0.246 e. The first-order valence-electron chi connectivity index (χ1n) is 6.95. The molecule has 1 aliphatic carbocycles.